The molecule has 5 nitrogen and oxygen atoms in total. The summed E-state index contributed by atoms with van der Waals surface area (Å²) in [6.45, 7) is 2.52. The van der Waals surface area contributed by atoms with Gasteiger partial charge in [0.25, 0.3) is 0 Å². The molecule has 2 aromatic carbocycles. The molecule has 1 fully saturated rings. The molecule has 1 aliphatic rings. The SMILES string of the molecule is O=C(CSc1nnc(-c2ccc(Cl)cc2)c2ccccc12)N1CCOCC1. The molecule has 7 heteroatoms. The van der Waals surface area contributed by atoms with Crippen molar-refractivity contribution in [1.82, 2.24) is 15.1 Å². The molecule has 0 unspecified atom stereocenters. The van der Waals surface area contributed by atoms with E-state index in [0.29, 0.717) is 37.1 Å². The van der Waals surface area contributed by atoms with Gasteiger partial charge in [-0.3, -0.25) is 4.79 Å². The van der Waals surface area contributed by atoms with Crippen molar-refractivity contribution in [2.24, 2.45) is 0 Å². The molecule has 2 heterocycles. The Balaban J connectivity index is 1.60. The van der Waals surface area contributed by atoms with E-state index in [0.717, 1.165) is 27.1 Å². The van der Waals surface area contributed by atoms with Crippen LogP contribution in [-0.4, -0.2) is 53.1 Å². The molecule has 0 saturated carbocycles. The molecule has 0 radical (unpaired) electrons. The summed E-state index contributed by atoms with van der Waals surface area (Å²) in [6.07, 6.45) is 0. The molecule has 0 spiro atoms. The lowest BCUT2D eigenvalue weighted by atomic mass is 10.1. The van der Waals surface area contributed by atoms with Gasteiger partial charge in [-0.05, 0) is 12.1 Å². The number of thioether (sulfide) groups is 1. The lowest BCUT2D eigenvalue weighted by Crippen LogP contribution is -2.41. The highest BCUT2D eigenvalue weighted by Crippen LogP contribution is 2.32. The highest BCUT2D eigenvalue weighted by atomic mass is 35.5. The third-order valence-corrected chi connectivity index (χ3v) is 5.69. The maximum atomic E-state index is 12.4. The van der Waals surface area contributed by atoms with Crippen LogP contribution in [0.5, 0.6) is 0 Å². The predicted octanol–water partition coefficient (Wildman–Crippen LogP) is 3.90. The predicted molar refractivity (Wildman–Crippen MR) is 108 cm³/mol. The summed E-state index contributed by atoms with van der Waals surface area (Å²) in [6, 6.07) is 15.6. The van der Waals surface area contributed by atoms with Crippen LogP contribution in [-0.2, 0) is 9.53 Å². The van der Waals surface area contributed by atoms with Crippen LogP contribution in [0.1, 0.15) is 0 Å². The lowest BCUT2D eigenvalue weighted by molar-refractivity contribution is -0.132. The Morgan fingerprint density at radius 3 is 2.48 bits per heavy atom. The second kappa shape index (κ2) is 8.25. The quantitative estimate of drug-likeness (QED) is 0.623. The Labute approximate surface area is 166 Å². The minimum Gasteiger partial charge on any atom is -0.378 e. The number of morpholine rings is 1. The normalized spacial score (nSPS) is 14.5. The fourth-order valence-electron chi connectivity index (χ4n) is 3.04. The third kappa shape index (κ3) is 4.08. The fourth-order valence-corrected chi connectivity index (χ4v) is 4.04. The summed E-state index contributed by atoms with van der Waals surface area (Å²) in [5, 5.41) is 12.3. The zero-order chi connectivity index (χ0) is 18.6. The van der Waals surface area contributed by atoms with Crippen molar-refractivity contribution in [2.75, 3.05) is 32.1 Å². The van der Waals surface area contributed by atoms with Gasteiger partial charge in [-0.2, -0.15) is 0 Å². The molecule has 3 aromatic rings. The average molecular weight is 400 g/mol. The Morgan fingerprint density at radius 2 is 1.74 bits per heavy atom. The van der Waals surface area contributed by atoms with Gasteiger partial charge in [0, 0.05) is 34.4 Å². The van der Waals surface area contributed by atoms with E-state index in [2.05, 4.69) is 10.2 Å². The smallest absolute Gasteiger partial charge is 0.233 e. The summed E-state index contributed by atoms with van der Waals surface area (Å²) in [5.74, 6) is 0.454. The zero-order valence-electron chi connectivity index (χ0n) is 14.6. The van der Waals surface area contributed by atoms with Crippen LogP contribution in [0.4, 0.5) is 0 Å². The summed E-state index contributed by atoms with van der Waals surface area (Å²) in [4.78, 5) is 14.3. The van der Waals surface area contributed by atoms with Crippen molar-refractivity contribution in [2.45, 2.75) is 5.03 Å². The molecule has 1 saturated heterocycles. The molecule has 0 N–H and O–H groups in total. The molecule has 0 bridgehead atoms. The molecule has 0 aliphatic carbocycles. The van der Waals surface area contributed by atoms with Crippen LogP contribution in [0.3, 0.4) is 0 Å². The van der Waals surface area contributed by atoms with E-state index in [1.165, 1.54) is 11.8 Å². The third-order valence-electron chi connectivity index (χ3n) is 4.47. The zero-order valence-corrected chi connectivity index (χ0v) is 16.2. The van der Waals surface area contributed by atoms with Gasteiger partial charge < -0.3 is 9.64 Å². The van der Waals surface area contributed by atoms with Crippen LogP contribution in [0.15, 0.2) is 53.6 Å². The first-order valence-electron chi connectivity index (χ1n) is 8.72. The lowest BCUT2D eigenvalue weighted by Gasteiger charge is -2.26. The highest BCUT2D eigenvalue weighted by molar-refractivity contribution is 8.00. The number of rotatable bonds is 4. The number of amides is 1. The van der Waals surface area contributed by atoms with Gasteiger partial charge in [0.1, 0.15) is 10.7 Å². The molecule has 1 amide bonds. The minimum atomic E-state index is 0.107. The Kier molecular flexibility index (Phi) is 5.57. The van der Waals surface area contributed by atoms with Gasteiger partial charge in [-0.25, -0.2) is 0 Å². The van der Waals surface area contributed by atoms with E-state index in [9.17, 15) is 4.79 Å². The van der Waals surface area contributed by atoms with Gasteiger partial charge in [-0.15, -0.1) is 10.2 Å². The summed E-state index contributed by atoms with van der Waals surface area (Å²) < 4.78 is 5.30. The van der Waals surface area contributed by atoms with Crippen molar-refractivity contribution in [3.8, 4) is 11.3 Å². The summed E-state index contributed by atoms with van der Waals surface area (Å²) in [5.41, 5.74) is 1.77. The minimum absolute atomic E-state index is 0.107. The molecule has 4 rings (SSSR count). The topological polar surface area (TPSA) is 55.3 Å². The van der Waals surface area contributed by atoms with Gasteiger partial charge in [0.05, 0.1) is 19.0 Å². The Hall–Kier alpha value is -2.15. The van der Waals surface area contributed by atoms with Crippen LogP contribution >= 0.6 is 23.4 Å². The van der Waals surface area contributed by atoms with Gasteiger partial charge in [0.2, 0.25) is 5.91 Å². The first-order chi connectivity index (χ1) is 13.2. The number of halogens is 1. The number of hydrogen-bond acceptors (Lipinski definition) is 5. The van der Waals surface area contributed by atoms with Gasteiger partial charge >= 0.3 is 0 Å². The molecule has 0 atom stereocenters. The first kappa shape index (κ1) is 18.2. The number of carbonyl (C=O) groups excluding carboxylic acids is 1. The average Bonchev–Trinajstić information content (AvgIpc) is 2.73. The number of fused-ring (bicyclic) bond motifs is 1. The van der Waals surface area contributed by atoms with E-state index in [-0.39, 0.29) is 5.91 Å². The first-order valence-corrected chi connectivity index (χ1v) is 10.1. The maximum Gasteiger partial charge on any atom is 0.233 e. The second-order valence-corrected chi connectivity index (χ2v) is 7.59. The second-order valence-electron chi connectivity index (χ2n) is 6.19. The van der Waals surface area contributed by atoms with Crippen molar-refractivity contribution >= 4 is 40.0 Å². The molecular weight excluding hydrogens is 382 g/mol. The summed E-state index contributed by atoms with van der Waals surface area (Å²) in [7, 11) is 0. The van der Waals surface area contributed by atoms with Gasteiger partial charge in [0.15, 0.2) is 0 Å². The molecular formula is C20H18ClN3O2S. The standard InChI is InChI=1S/C20H18ClN3O2S/c21-15-7-5-14(6-8-15)19-16-3-1-2-4-17(16)20(23-22-19)27-13-18(25)24-9-11-26-12-10-24/h1-8H,9-13H2. The number of hydrogen-bond donors (Lipinski definition) is 0. The monoisotopic (exact) mass is 399 g/mol. The molecule has 138 valence electrons. The number of aromatic nitrogens is 2. The van der Waals surface area contributed by atoms with E-state index in [4.69, 9.17) is 16.3 Å². The van der Waals surface area contributed by atoms with Crippen LogP contribution < -0.4 is 0 Å². The van der Waals surface area contributed by atoms with E-state index >= 15 is 0 Å². The highest BCUT2D eigenvalue weighted by Gasteiger charge is 2.18. The van der Waals surface area contributed by atoms with Crippen molar-refractivity contribution in [3.63, 3.8) is 0 Å². The van der Waals surface area contributed by atoms with Crippen molar-refractivity contribution in [1.29, 1.82) is 0 Å². The fraction of sp³-hybridized carbons (Fsp3) is 0.250. The van der Waals surface area contributed by atoms with Gasteiger partial charge in [-0.1, -0.05) is 59.8 Å². The molecule has 1 aromatic heterocycles. The van der Waals surface area contributed by atoms with Crippen LogP contribution in [0.2, 0.25) is 5.02 Å². The number of benzene rings is 2. The van der Waals surface area contributed by atoms with Crippen molar-refractivity contribution < 1.29 is 9.53 Å². The van der Waals surface area contributed by atoms with Crippen LogP contribution in [0.25, 0.3) is 22.0 Å². The molecule has 27 heavy (non-hydrogen) atoms. The maximum absolute atomic E-state index is 12.4. The number of ether oxygens (including phenoxy) is 1. The largest absolute Gasteiger partial charge is 0.378 e. The van der Waals surface area contributed by atoms with E-state index in [1.807, 2.05) is 53.4 Å². The Bertz CT molecular complexity index is 959. The molecule has 1 aliphatic heterocycles. The van der Waals surface area contributed by atoms with E-state index in [1.54, 1.807) is 0 Å². The van der Waals surface area contributed by atoms with Crippen LogP contribution in [0, 0.1) is 0 Å². The summed E-state index contributed by atoms with van der Waals surface area (Å²) >= 11 is 7.43. The van der Waals surface area contributed by atoms with Crippen molar-refractivity contribution in [3.05, 3.63) is 53.6 Å². The number of carbonyl (C=O) groups is 1. The van der Waals surface area contributed by atoms with E-state index < -0.39 is 0 Å². The Morgan fingerprint density at radius 1 is 1.04 bits per heavy atom. The number of nitrogens with zero attached hydrogens (tertiary/aromatic N) is 3.